The molecule has 0 saturated carbocycles. The molecule has 0 atom stereocenters. The van der Waals surface area contributed by atoms with Crippen LogP contribution >= 0.6 is 0 Å². The highest BCUT2D eigenvalue weighted by atomic mass is 16.5. The number of rotatable bonds is 5. The van der Waals surface area contributed by atoms with Crippen molar-refractivity contribution in [3.63, 3.8) is 0 Å². The summed E-state index contributed by atoms with van der Waals surface area (Å²) in [5.41, 5.74) is 1.45. The second-order valence-corrected chi connectivity index (χ2v) is 4.69. The fraction of sp³-hybridized carbons (Fsp3) is 0.118. The normalized spacial score (nSPS) is 10.6. The van der Waals surface area contributed by atoms with E-state index in [1.54, 1.807) is 30.5 Å². The molecule has 6 heteroatoms. The molecular weight excluding hydrogens is 292 g/mol. The van der Waals surface area contributed by atoms with E-state index in [-0.39, 0.29) is 5.57 Å². The number of nitrogens with zero attached hydrogens (tertiary/aromatic N) is 2. The first-order valence-electron chi connectivity index (χ1n) is 6.88. The van der Waals surface area contributed by atoms with E-state index in [1.165, 1.54) is 13.3 Å². The molecule has 6 nitrogen and oxygen atoms in total. The summed E-state index contributed by atoms with van der Waals surface area (Å²) in [5.74, 6) is 0.548. The van der Waals surface area contributed by atoms with Gasteiger partial charge in [-0.25, -0.2) is 4.98 Å². The number of aryl methyl sites for hydroxylation is 1. The topological polar surface area (TPSA) is 87.0 Å². The van der Waals surface area contributed by atoms with Gasteiger partial charge >= 0.3 is 0 Å². The van der Waals surface area contributed by atoms with Crippen LogP contribution in [0.3, 0.4) is 0 Å². The van der Waals surface area contributed by atoms with Crippen molar-refractivity contribution in [1.29, 1.82) is 5.26 Å². The van der Waals surface area contributed by atoms with Gasteiger partial charge in [0.05, 0.1) is 12.8 Å². The van der Waals surface area contributed by atoms with Gasteiger partial charge in [-0.05, 0) is 36.8 Å². The summed E-state index contributed by atoms with van der Waals surface area (Å²) in [5, 5.41) is 14.7. The number of aromatic nitrogens is 1. The first-order chi connectivity index (χ1) is 11.1. The Morgan fingerprint density at radius 3 is 2.83 bits per heavy atom. The third kappa shape index (κ3) is 4.32. The third-order valence-corrected chi connectivity index (χ3v) is 3.00. The van der Waals surface area contributed by atoms with Crippen LogP contribution in [0.5, 0.6) is 5.75 Å². The number of para-hydroxylation sites is 2. The predicted molar refractivity (Wildman–Crippen MR) is 87.9 cm³/mol. The Kier molecular flexibility index (Phi) is 5.31. The number of anilines is 2. The van der Waals surface area contributed by atoms with E-state index in [9.17, 15) is 4.79 Å². The number of amides is 1. The zero-order valence-corrected chi connectivity index (χ0v) is 12.8. The molecule has 0 bridgehead atoms. The van der Waals surface area contributed by atoms with E-state index in [2.05, 4.69) is 15.6 Å². The SMILES string of the molecule is COc1ccccc1NC(=O)/C(C#N)=C\Nc1cc(C)ccn1. The van der Waals surface area contributed by atoms with Crippen LogP contribution in [0.15, 0.2) is 54.4 Å². The van der Waals surface area contributed by atoms with Crippen LogP contribution in [0.2, 0.25) is 0 Å². The van der Waals surface area contributed by atoms with Crippen molar-refractivity contribution in [2.45, 2.75) is 6.92 Å². The second-order valence-electron chi connectivity index (χ2n) is 4.69. The molecule has 1 heterocycles. The van der Waals surface area contributed by atoms with Gasteiger partial charge < -0.3 is 15.4 Å². The average Bonchev–Trinajstić information content (AvgIpc) is 2.56. The predicted octanol–water partition coefficient (Wildman–Crippen LogP) is 2.86. The molecule has 0 radical (unpaired) electrons. The smallest absolute Gasteiger partial charge is 0.267 e. The van der Waals surface area contributed by atoms with E-state index in [0.717, 1.165) is 5.56 Å². The summed E-state index contributed by atoms with van der Waals surface area (Å²) in [6.07, 6.45) is 2.97. The molecule has 116 valence electrons. The monoisotopic (exact) mass is 308 g/mol. The molecule has 0 spiro atoms. The fourth-order valence-electron chi connectivity index (χ4n) is 1.85. The van der Waals surface area contributed by atoms with Gasteiger partial charge in [0, 0.05) is 12.4 Å². The van der Waals surface area contributed by atoms with E-state index < -0.39 is 5.91 Å². The van der Waals surface area contributed by atoms with Gasteiger partial charge in [-0.15, -0.1) is 0 Å². The number of nitrogens with one attached hydrogen (secondary N) is 2. The van der Waals surface area contributed by atoms with Crippen molar-refractivity contribution in [1.82, 2.24) is 4.98 Å². The Morgan fingerprint density at radius 1 is 1.35 bits per heavy atom. The van der Waals surface area contributed by atoms with Gasteiger partial charge in [0.2, 0.25) is 0 Å². The number of pyridine rings is 1. The van der Waals surface area contributed by atoms with Crippen LogP contribution in [-0.4, -0.2) is 18.0 Å². The molecule has 0 aliphatic carbocycles. The Labute approximate surface area is 134 Å². The molecule has 1 aromatic heterocycles. The minimum absolute atomic E-state index is 0.0702. The zero-order valence-electron chi connectivity index (χ0n) is 12.8. The van der Waals surface area contributed by atoms with Crippen molar-refractivity contribution < 1.29 is 9.53 Å². The quantitative estimate of drug-likeness (QED) is 0.655. The molecule has 0 unspecified atom stereocenters. The molecule has 1 aromatic carbocycles. The highest BCUT2D eigenvalue weighted by molar-refractivity contribution is 6.07. The van der Waals surface area contributed by atoms with E-state index in [4.69, 9.17) is 10.00 Å². The lowest BCUT2D eigenvalue weighted by Crippen LogP contribution is -2.15. The van der Waals surface area contributed by atoms with Crippen molar-refractivity contribution in [2.75, 3.05) is 17.7 Å². The Balaban J connectivity index is 2.12. The largest absolute Gasteiger partial charge is 0.495 e. The van der Waals surface area contributed by atoms with Gasteiger partial charge in [0.15, 0.2) is 0 Å². The van der Waals surface area contributed by atoms with E-state index in [0.29, 0.717) is 17.3 Å². The van der Waals surface area contributed by atoms with Crippen LogP contribution in [0, 0.1) is 18.3 Å². The highest BCUT2D eigenvalue weighted by Crippen LogP contribution is 2.23. The minimum Gasteiger partial charge on any atom is -0.495 e. The van der Waals surface area contributed by atoms with Crippen molar-refractivity contribution in [3.8, 4) is 11.8 Å². The summed E-state index contributed by atoms with van der Waals surface area (Å²) >= 11 is 0. The lowest BCUT2D eigenvalue weighted by molar-refractivity contribution is -0.112. The van der Waals surface area contributed by atoms with Crippen LogP contribution < -0.4 is 15.4 Å². The second kappa shape index (κ2) is 7.61. The van der Waals surface area contributed by atoms with Gasteiger partial charge in [0.1, 0.15) is 23.2 Å². The number of benzene rings is 1. The molecule has 0 saturated heterocycles. The van der Waals surface area contributed by atoms with Crippen LogP contribution in [0.25, 0.3) is 0 Å². The number of hydrogen-bond donors (Lipinski definition) is 2. The van der Waals surface area contributed by atoms with Crippen LogP contribution in [0.1, 0.15) is 5.56 Å². The van der Waals surface area contributed by atoms with Gasteiger partial charge in [-0.3, -0.25) is 4.79 Å². The number of carbonyl (C=O) groups excluding carboxylic acids is 1. The molecule has 2 N–H and O–H groups in total. The van der Waals surface area contributed by atoms with Crippen LogP contribution in [0.4, 0.5) is 11.5 Å². The number of hydrogen-bond acceptors (Lipinski definition) is 5. The van der Waals surface area contributed by atoms with Crippen molar-refractivity contribution in [2.24, 2.45) is 0 Å². The Morgan fingerprint density at radius 2 is 2.13 bits per heavy atom. The van der Waals surface area contributed by atoms with E-state index in [1.807, 2.05) is 25.1 Å². The molecule has 1 amide bonds. The number of carbonyl (C=O) groups is 1. The first-order valence-corrected chi connectivity index (χ1v) is 6.88. The maximum Gasteiger partial charge on any atom is 0.267 e. The summed E-state index contributed by atoms with van der Waals surface area (Å²) in [7, 11) is 1.51. The van der Waals surface area contributed by atoms with Gasteiger partial charge in [-0.1, -0.05) is 12.1 Å². The lowest BCUT2D eigenvalue weighted by Gasteiger charge is -2.09. The van der Waals surface area contributed by atoms with Crippen LogP contribution in [-0.2, 0) is 4.79 Å². The van der Waals surface area contributed by atoms with Gasteiger partial charge in [0.25, 0.3) is 5.91 Å². The van der Waals surface area contributed by atoms with Crippen molar-refractivity contribution in [3.05, 3.63) is 59.9 Å². The Hall–Kier alpha value is -3.33. The number of ether oxygens (including phenoxy) is 1. The highest BCUT2D eigenvalue weighted by Gasteiger charge is 2.11. The minimum atomic E-state index is -0.530. The number of methoxy groups -OCH3 is 1. The van der Waals surface area contributed by atoms with Gasteiger partial charge in [-0.2, -0.15) is 5.26 Å². The van der Waals surface area contributed by atoms with Crippen molar-refractivity contribution >= 4 is 17.4 Å². The summed E-state index contributed by atoms with van der Waals surface area (Å²) in [6.45, 7) is 1.93. The molecule has 0 aliphatic heterocycles. The molecule has 23 heavy (non-hydrogen) atoms. The Bertz CT molecular complexity index is 778. The summed E-state index contributed by atoms with van der Waals surface area (Å²) in [4.78, 5) is 16.3. The average molecular weight is 308 g/mol. The summed E-state index contributed by atoms with van der Waals surface area (Å²) < 4.78 is 5.16. The molecular formula is C17H16N4O2. The molecule has 0 aliphatic rings. The maximum absolute atomic E-state index is 12.2. The molecule has 0 fully saturated rings. The molecule has 2 rings (SSSR count). The number of nitriles is 1. The lowest BCUT2D eigenvalue weighted by atomic mass is 10.2. The third-order valence-electron chi connectivity index (χ3n) is 3.00. The maximum atomic E-state index is 12.2. The first kappa shape index (κ1) is 16.0. The zero-order chi connectivity index (χ0) is 16.7. The summed E-state index contributed by atoms with van der Waals surface area (Å²) in [6, 6.07) is 12.5. The fourth-order valence-corrected chi connectivity index (χ4v) is 1.85. The van der Waals surface area contributed by atoms with E-state index >= 15 is 0 Å². The molecule has 2 aromatic rings. The standard InChI is InChI=1S/C17H16N4O2/c1-12-7-8-19-16(9-12)20-11-13(10-18)17(22)21-14-5-3-4-6-15(14)23-2/h3-9,11H,1-2H3,(H,19,20)(H,21,22)/b13-11-.